The van der Waals surface area contributed by atoms with E-state index in [1.807, 2.05) is 6.92 Å². The minimum Gasteiger partial charge on any atom is -0.454 e. The van der Waals surface area contributed by atoms with E-state index in [0.29, 0.717) is 24.5 Å². The molecule has 0 saturated carbocycles. The van der Waals surface area contributed by atoms with Crippen LogP contribution in [0.1, 0.15) is 26.2 Å². The lowest BCUT2D eigenvalue weighted by atomic mass is 9.78. The van der Waals surface area contributed by atoms with Crippen LogP contribution < -0.4 is 10.1 Å². The van der Waals surface area contributed by atoms with Gasteiger partial charge in [-0.3, -0.25) is 0 Å². The maximum atomic E-state index is 13.6. The van der Waals surface area contributed by atoms with Gasteiger partial charge in [-0.15, -0.1) is 0 Å². The average Bonchev–Trinajstić information content (AvgIpc) is 2.71. The van der Waals surface area contributed by atoms with Crippen molar-refractivity contribution < 1.29 is 19.0 Å². The average molecular weight is 372 g/mol. The molecule has 1 atom stereocenters. The van der Waals surface area contributed by atoms with Crippen molar-refractivity contribution in [2.75, 3.05) is 25.0 Å². The number of urea groups is 1. The Hall–Kier alpha value is -2.60. The number of nitrogens with zero attached hydrogens (tertiary/aromatic N) is 1. The van der Waals surface area contributed by atoms with Crippen molar-refractivity contribution in [1.82, 2.24) is 4.90 Å². The van der Waals surface area contributed by atoms with Gasteiger partial charge in [0.05, 0.1) is 6.61 Å². The first kappa shape index (κ1) is 19.2. The molecule has 0 radical (unpaired) electrons. The van der Waals surface area contributed by atoms with Crippen molar-refractivity contribution in [3.05, 3.63) is 54.3 Å². The van der Waals surface area contributed by atoms with E-state index in [2.05, 4.69) is 5.32 Å². The number of para-hydroxylation sites is 1. The molecule has 0 unspecified atom stereocenters. The quantitative estimate of drug-likeness (QED) is 0.804. The predicted octanol–water partition coefficient (Wildman–Crippen LogP) is 4.63. The summed E-state index contributed by atoms with van der Waals surface area (Å²) in [7, 11) is 0. The molecule has 1 heterocycles. The normalized spacial score (nSPS) is 19.6. The topological polar surface area (TPSA) is 61.8 Å². The van der Waals surface area contributed by atoms with Crippen molar-refractivity contribution >= 4 is 11.7 Å². The van der Waals surface area contributed by atoms with Crippen LogP contribution in [0.4, 0.5) is 14.9 Å². The van der Waals surface area contributed by atoms with Crippen LogP contribution in [-0.2, 0) is 0 Å². The molecule has 1 aliphatic heterocycles. The maximum Gasteiger partial charge on any atom is 0.321 e. The Labute approximate surface area is 158 Å². The van der Waals surface area contributed by atoms with Crippen LogP contribution in [0.25, 0.3) is 0 Å². The van der Waals surface area contributed by atoms with E-state index >= 15 is 0 Å². The first-order chi connectivity index (χ1) is 13.0. The van der Waals surface area contributed by atoms with Crippen molar-refractivity contribution in [2.24, 2.45) is 5.41 Å². The third-order valence-electron chi connectivity index (χ3n) is 5.20. The number of carbonyl (C=O) groups excluding carboxylic acids is 1. The van der Waals surface area contributed by atoms with Gasteiger partial charge in [0.15, 0.2) is 11.6 Å². The number of likely N-dealkylation sites (tertiary alicyclic amines) is 1. The van der Waals surface area contributed by atoms with Gasteiger partial charge in [0.2, 0.25) is 0 Å². The Balaban J connectivity index is 1.61. The molecular formula is C21H25FN2O3. The highest BCUT2D eigenvalue weighted by molar-refractivity contribution is 5.89. The zero-order valence-electron chi connectivity index (χ0n) is 15.5. The van der Waals surface area contributed by atoms with E-state index in [1.54, 1.807) is 47.4 Å². The molecule has 2 amide bonds. The largest absolute Gasteiger partial charge is 0.454 e. The summed E-state index contributed by atoms with van der Waals surface area (Å²) in [5, 5.41) is 12.6. The number of hydrogen-bond acceptors (Lipinski definition) is 3. The molecular weight excluding hydrogens is 347 g/mol. The summed E-state index contributed by atoms with van der Waals surface area (Å²) in [6, 6.07) is 12.8. The fourth-order valence-electron chi connectivity index (χ4n) is 3.37. The standard InChI is InChI=1S/C21H25FN2O3/c1-2-21(15-25)12-5-13-24(14-21)20(26)23-16-8-10-17(11-9-16)27-19-7-4-3-6-18(19)22/h3-4,6-11,25H,2,5,12-15H2,1H3,(H,23,26)/t21-/m1/s1. The van der Waals surface area contributed by atoms with E-state index in [9.17, 15) is 14.3 Å². The smallest absolute Gasteiger partial charge is 0.321 e. The number of benzene rings is 2. The SMILES string of the molecule is CC[C@@]1(CO)CCCN(C(=O)Nc2ccc(Oc3ccccc3F)cc2)C1. The minimum atomic E-state index is -0.428. The van der Waals surface area contributed by atoms with Gasteiger partial charge in [0.1, 0.15) is 5.75 Å². The fourth-order valence-corrected chi connectivity index (χ4v) is 3.37. The third kappa shape index (κ3) is 4.57. The predicted molar refractivity (Wildman–Crippen MR) is 103 cm³/mol. The highest BCUT2D eigenvalue weighted by Gasteiger charge is 2.35. The number of aliphatic hydroxyl groups is 1. The number of halogens is 1. The number of aliphatic hydroxyl groups excluding tert-OH is 1. The second kappa shape index (κ2) is 8.39. The van der Waals surface area contributed by atoms with Crippen LogP contribution in [0.5, 0.6) is 11.5 Å². The summed E-state index contributed by atoms with van der Waals surface area (Å²) in [5.41, 5.74) is 0.435. The molecule has 0 bridgehead atoms. The van der Waals surface area contributed by atoms with Gasteiger partial charge in [-0.25, -0.2) is 9.18 Å². The number of nitrogens with one attached hydrogen (secondary N) is 1. The molecule has 1 aliphatic rings. The van der Waals surface area contributed by atoms with Gasteiger partial charge in [0.25, 0.3) is 0 Å². The van der Waals surface area contributed by atoms with Gasteiger partial charge in [0, 0.05) is 24.2 Å². The molecule has 0 aliphatic carbocycles. The Morgan fingerprint density at radius 1 is 1.26 bits per heavy atom. The van der Waals surface area contributed by atoms with E-state index in [0.717, 1.165) is 19.3 Å². The Kier molecular flexibility index (Phi) is 5.96. The third-order valence-corrected chi connectivity index (χ3v) is 5.20. The lowest BCUT2D eigenvalue weighted by molar-refractivity contribution is 0.0468. The van der Waals surface area contributed by atoms with Crippen LogP contribution >= 0.6 is 0 Å². The minimum absolute atomic E-state index is 0.0926. The van der Waals surface area contributed by atoms with Crippen molar-refractivity contribution in [1.29, 1.82) is 0 Å². The first-order valence-corrected chi connectivity index (χ1v) is 9.24. The number of carbonyl (C=O) groups is 1. The molecule has 2 aromatic carbocycles. The molecule has 1 saturated heterocycles. The van der Waals surface area contributed by atoms with E-state index in [4.69, 9.17) is 4.74 Å². The summed E-state index contributed by atoms with van der Waals surface area (Å²) < 4.78 is 19.2. The van der Waals surface area contributed by atoms with Crippen LogP contribution in [0.2, 0.25) is 0 Å². The van der Waals surface area contributed by atoms with Crippen LogP contribution in [0.3, 0.4) is 0 Å². The monoisotopic (exact) mass is 372 g/mol. The van der Waals surface area contributed by atoms with E-state index in [1.165, 1.54) is 6.07 Å². The number of piperidine rings is 1. The first-order valence-electron chi connectivity index (χ1n) is 9.24. The molecule has 2 aromatic rings. The molecule has 3 rings (SSSR count). The van der Waals surface area contributed by atoms with Gasteiger partial charge in [-0.2, -0.15) is 0 Å². The number of rotatable bonds is 5. The highest BCUT2D eigenvalue weighted by atomic mass is 19.1. The maximum absolute atomic E-state index is 13.6. The molecule has 27 heavy (non-hydrogen) atoms. The summed E-state index contributed by atoms with van der Waals surface area (Å²) in [4.78, 5) is 14.3. The Morgan fingerprint density at radius 3 is 2.67 bits per heavy atom. The summed E-state index contributed by atoms with van der Waals surface area (Å²) >= 11 is 0. The van der Waals surface area contributed by atoms with Crippen LogP contribution in [0, 0.1) is 11.2 Å². The van der Waals surface area contributed by atoms with E-state index < -0.39 is 5.82 Å². The van der Waals surface area contributed by atoms with Crippen LogP contribution in [-0.4, -0.2) is 35.7 Å². The lowest BCUT2D eigenvalue weighted by Gasteiger charge is -2.41. The van der Waals surface area contributed by atoms with E-state index in [-0.39, 0.29) is 23.8 Å². The molecule has 0 aromatic heterocycles. The molecule has 144 valence electrons. The number of hydrogen-bond donors (Lipinski definition) is 2. The van der Waals surface area contributed by atoms with Crippen molar-refractivity contribution in [3.63, 3.8) is 0 Å². The lowest BCUT2D eigenvalue weighted by Crippen LogP contribution is -2.49. The number of ether oxygens (including phenoxy) is 1. The number of anilines is 1. The zero-order chi connectivity index (χ0) is 19.3. The van der Waals surface area contributed by atoms with Crippen molar-refractivity contribution in [3.8, 4) is 11.5 Å². The summed E-state index contributed by atoms with van der Waals surface area (Å²) in [5.74, 6) is 0.215. The van der Waals surface area contributed by atoms with Gasteiger partial charge in [-0.1, -0.05) is 19.1 Å². The molecule has 1 fully saturated rings. The van der Waals surface area contributed by atoms with Crippen LogP contribution in [0.15, 0.2) is 48.5 Å². The second-order valence-corrected chi connectivity index (χ2v) is 7.02. The molecule has 0 spiro atoms. The second-order valence-electron chi connectivity index (χ2n) is 7.02. The summed E-state index contributed by atoms with van der Waals surface area (Å²) in [6.07, 6.45) is 2.67. The zero-order valence-corrected chi connectivity index (χ0v) is 15.5. The Morgan fingerprint density at radius 2 is 2.00 bits per heavy atom. The number of amides is 2. The van der Waals surface area contributed by atoms with Gasteiger partial charge >= 0.3 is 6.03 Å². The highest BCUT2D eigenvalue weighted by Crippen LogP contribution is 2.33. The Bertz CT molecular complexity index is 775. The van der Waals surface area contributed by atoms with Gasteiger partial charge < -0.3 is 20.1 Å². The fraction of sp³-hybridized carbons (Fsp3) is 0.381. The molecule has 6 heteroatoms. The molecule has 2 N–H and O–H groups in total. The molecule has 5 nitrogen and oxygen atoms in total. The van der Waals surface area contributed by atoms with Gasteiger partial charge in [-0.05, 0) is 55.7 Å². The van der Waals surface area contributed by atoms with Crippen molar-refractivity contribution in [2.45, 2.75) is 26.2 Å². The summed E-state index contributed by atoms with van der Waals surface area (Å²) in [6.45, 7) is 3.38.